The molecule has 1 fully saturated rings. The fraction of sp³-hybridized carbons (Fsp3) is 0.571. The van der Waals surface area contributed by atoms with Crippen LogP contribution >= 0.6 is 12.2 Å². The van der Waals surface area contributed by atoms with E-state index in [4.69, 9.17) is 12.2 Å². The molecule has 6 nitrogen and oxygen atoms in total. The standard InChI is InChI=1S/C21H32N4O2S/c1-15(2)5-10-19(26)23-21(28)22-17-6-8-18(9-7-17)24-11-13-25(14-12-24)20(27)16(3)4/h6-9,15-16H,5,10-14H2,1-4H3,(H2,22,23,26,28). The lowest BCUT2D eigenvalue weighted by atomic mass is 10.1. The molecule has 0 atom stereocenters. The van der Waals surface area contributed by atoms with Gasteiger partial charge >= 0.3 is 0 Å². The summed E-state index contributed by atoms with van der Waals surface area (Å²) in [7, 11) is 0. The zero-order valence-electron chi connectivity index (χ0n) is 17.3. The number of carbonyl (C=O) groups is 2. The van der Waals surface area contributed by atoms with E-state index in [9.17, 15) is 9.59 Å². The highest BCUT2D eigenvalue weighted by atomic mass is 32.1. The predicted octanol–water partition coefficient (Wildman–Crippen LogP) is 3.24. The zero-order valence-corrected chi connectivity index (χ0v) is 18.1. The molecule has 1 aromatic rings. The Morgan fingerprint density at radius 1 is 1.04 bits per heavy atom. The Morgan fingerprint density at radius 2 is 1.64 bits per heavy atom. The molecule has 2 rings (SSSR count). The first-order valence-electron chi connectivity index (χ1n) is 10.0. The van der Waals surface area contributed by atoms with Gasteiger partial charge in [-0.15, -0.1) is 0 Å². The van der Waals surface area contributed by atoms with Crippen molar-refractivity contribution >= 4 is 40.5 Å². The minimum Gasteiger partial charge on any atom is -0.368 e. The van der Waals surface area contributed by atoms with Crippen LogP contribution in [0.4, 0.5) is 11.4 Å². The van der Waals surface area contributed by atoms with Crippen LogP contribution in [-0.2, 0) is 9.59 Å². The van der Waals surface area contributed by atoms with E-state index in [0.29, 0.717) is 17.5 Å². The topological polar surface area (TPSA) is 64.7 Å². The fourth-order valence-electron chi connectivity index (χ4n) is 3.08. The number of amides is 2. The van der Waals surface area contributed by atoms with E-state index in [1.807, 2.05) is 43.0 Å². The molecule has 0 saturated carbocycles. The van der Waals surface area contributed by atoms with Crippen molar-refractivity contribution in [2.45, 2.75) is 40.5 Å². The van der Waals surface area contributed by atoms with Gasteiger partial charge in [-0.25, -0.2) is 0 Å². The van der Waals surface area contributed by atoms with Gasteiger partial charge < -0.3 is 20.4 Å². The van der Waals surface area contributed by atoms with Crippen molar-refractivity contribution < 1.29 is 9.59 Å². The molecule has 0 unspecified atom stereocenters. The molecule has 0 aromatic heterocycles. The van der Waals surface area contributed by atoms with Gasteiger partial charge in [0, 0.05) is 49.9 Å². The number of piperazine rings is 1. The molecule has 0 spiro atoms. The minimum absolute atomic E-state index is 0.0478. The lowest BCUT2D eigenvalue weighted by Crippen LogP contribution is -2.49. The number of hydrogen-bond donors (Lipinski definition) is 2. The monoisotopic (exact) mass is 404 g/mol. The Balaban J connectivity index is 1.81. The summed E-state index contributed by atoms with van der Waals surface area (Å²) >= 11 is 5.22. The van der Waals surface area contributed by atoms with Crippen LogP contribution in [0.5, 0.6) is 0 Å². The van der Waals surface area contributed by atoms with E-state index in [-0.39, 0.29) is 17.7 Å². The quantitative estimate of drug-likeness (QED) is 0.713. The molecule has 28 heavy (non-hydrogen) atoms. The average molecular weight is 405 g/mol. The fourth-order valence-corrected chi connectivity index (χ4v) is 3.31. The Labute approximate surface area is 173 Å². The lowest BCUT2D eigenvalue weighted by Gasteiger charge is -2.37. The summed E-state index contributed by atoms with van der Waals surface area (Å²) in [6.07, 6.45) is 1.32. The molecular weight excluding hydrogens is 372 g/mol. The molecule has 154 valence electrons. The van der Waals surface area contributed by atoms with Crippen LogP contribution < -0.4 is 15.5 Å². The predicted molar refractivity (Wildman–Crippen MR) is 119 cm³/mol. The maximum atomic E-state index is 12.1. The average Bonchev–Trinajstić information content (AvgIpc) is 2.66. The highest BCUT2D eigenvalue weighted by Gasteiger charge is 2.22. The lowest BCUT2D eigenvalue weighted by molar-refractivity contribution is -0.134. The van der Waals surface area contributed by atoms with Crippen molar-refractivity contribution in [3.8, 4) is 0 Å². The molecule has 7 heteroatoms. The molecule has 0 radical (unpaired) electrons. The van der Waals surface area contributed by atoms with Gasteiger partial charge in [-0.1, -0.05) is 27.7 Å². The zero-order chi connectivity index (χ0) is 20.7. The van der Waals surface area contributed by atoms with Gasteiger partial charge in [0.2, 0.25) is 11.8 Å². The van der Waals surface area contributed by atoms with Crippen molar-refractivity contribution in [1.29, 1.82) is 0 Å². The van der Waals surface area contributed by atoms with E-state index in [2.05, 4.69) is 29.4 Å². The SMILES string of the molecule is CC(C)CCC(=O)NC(=S)Nc1ccc(N2CCN(C(=O)C(C)C)CC2)cc1. The molecule has 1 heterocycles. The molecule has 0 bridgehead atoms. The number of carbonyl (C=O) groups excluding carboxylic acids is 2. The van der Waals surface area contributed by atoms with Gasteiger partial charge in [-0.3, -0.25) is 9.59 Å². The molecule has 1 aromatic carbocycles. The molecule has 1 aliphatic rings. The Bertz CT molecular complexity index is 680. The first-order valence-corrected chi connectivity index (χ1v) is 10.4. The Hall–Kier alpha value is -2.15. The maximum absolute atomic E-state index is 12.1. The number of benzene rings is 1. The van der Waals surface area contributed by atoms with Crippen LogP contribution in [0.15, 0.2) is 24.3 Å². The van der Waals surface area contributed by atoms with Crippen LogP contribution in [0.25, 0.3) is 0 Å². The van der Waals surface area contributed by atoms with Crippen molar-refractivity contribution in [1.82, 2.24) is 10.2 Å². The largest absolute Gasteiger partial charge is 0.368 e. The Kier molecular flexibility index (Phi) is 8.23. The van der Waals surface area contributed by atoms with Gasteiger partial charge in [0.05, 0.1) is 0 Å². The van der Waals surface area contributed by atoms with Crippen molar-refractivity contribution in [3.05, 3.63) is 24.3 Å². The molecule has 1 aliphatic heterocycles. The third-order valence-electron chi connectivity index (χ3n) is 4.78. The van der Waals surface area contributed by atoms with Crippen LogP contribution in [0.1, 0.15) is 40.5 Å². The summed E-state index contributed by atoms with van der Waals surface area (Å²) < 4.78 is 0. The normalized spacial score (nSPS) is 14.4. The van der Waals surface area contributed by atoms with E-state index in [1.165, 1.54) is 0 Å². The third-order valence-corrected chi connectivity index (χ3v) is 4.98. The van der Waals surface area contributed by atoms with E-state index in [1.54, 1.807) is 0 Å². The van der Waals surface area contributed by atoms with Crippen LogP contribution in [-0.4, -0.2) is 48.0 Å². The second-order valence-electron chi connectivity index (χ2n) is 7.95. The third kappa shape index (κ3) is 6.78. The summed E-state index contributed by atoms with van der Waals surface area (Å²) in [5, 5.41) is 6.09. The van der Waals surface area contributed by atoms with E-state index < -0.39 is 0 Å². The van der Waals surface area contributed by atoms with Crippen LogP contribution in [0.3, 0.4) is 0 Å². The second-order valence-corrected chi connectivity index (χ2v) is 8.36. The minimum atomic E-state index is -0.0587. The summed E-state index contributed by atoms with van der Waals surface area (Å²) in [5.41, 5.74) is 1.96. The van der Waals surface area contributed by atoms with Crippen molar-refractivity contribution in [2.75, 3.05) is 36.4 Å². The maximum Gasteiger partial charge on any atom is 0.226 e. The summed E-state index contributed by atoms with van der Waals surface area (Å²) in [5.74, 6) is 0.705. The second kappa shape index (κ2) is 10.4. The number of nitrogens with zero attached hydrogens (tertiary/aromatic N) is 2. The van der Waals surface area contributed by atoms with Crippen molar-refractivity contribution in [3.63, 3.8) is 0 Å². The van der Waals surface area contributed by atoms with E-state index in [0.717, 1.165) is 44.0 Å². The van der Waals surface area contributed by atoms with Crippen LogP contribution in [0.2, 0.25) is 0 Å². The van der Waals surface area contributed by atoms with Gasteiger partial charge in [0.15, 0.2) is 5.11 Å². The van der Waals surface area contributed by atoms with Gasteiger partial charge in [0.25, 0.3) is 0 Å². The molecular formula is C21H32N4O2S. The highest BCUT2D eigenvalue weighted by molar-refractivity contribution is 7.80. The summed E-state index contributed by atoms with van der Waals surface area (Å²) in [6, 6.07) is 7.97. The summed E-state index contributed by atoms with van der Waals surface area (Å²) in [6.45, 7) is 11.2. The number of thiocarbonyl (C=S) groups is 1. The number of nitrogens with one attached hydrogen (secondary N) is 2. The number of hydrogen-bond acceptors (Lipinski definition) is 4. The van der Waals surface area contributed by atoms with Gasteiger partial charge in [-0.2, -0.15) is 0 Å². The van der Waals surface area contributed by atoms with Crippen LogP contribution in [0, 0.1) is 11.8 Å². The summed E-state index contributed by atoms with van der Waals surface area (Å²) in [4.78, 5) is 28.2. The number of anilines is 2. The first kappa shape index (κ1) is 22.1. The molecule has 2 N–H and O–H groups in total. The number of rotatable bonds is 6. The first-order chi connectivity index (χ1) is 13.3. The van der Waals surface area contributed by atoms with E-state index >= 15 is 0 Å². The van der Waals surface area contributed by atoms with Gasteiger partial charge in [0.1, 0.15) is 0 Å². The van der Waals surface area contributed by atoms with Crippen molar-refractivity contribution in [2.24, 2.45) is 11.8 Å². The highest BCUT2D eigenvalue weighted by Crippen LogP contribution is 2.20. The smallest absolute Gasteiger partial charge is 0.226 e. The van der Waals surface area contributed by atoms with Gasteiger partial charge in [-0.05, 0) is 48.8 Å². The molecule has 0 aliphatic carbocycles. The molecule has 2 amide bonds. The Morgan fingerprint density at radius 3 is 2.18 bits per heavy atom. The molecule has 1 saturated heterocycles.